The quantitative estimate of drug-likeness (QED) is 0.770. The Balaban J connectivity index is 1.89. The highest BCUT2D eigenvalue weighted by Gasteiger charge is 2.52. The molecule has 0 spiro atoms. The third-order valence-electron chi connectivity index (χ3n) is 6.07. The summed E-state index contributed by atoms with van der Waals surface area (Å²) in [6.07, 6.45) is 5.16. The van der Waals surface area contributed by atoms with E-state index in [1.54, 1.807) is 0 Å². The second-order valence-corrected chi connectivity index (χ2v) is 8.73. The van der Waals surface area contributed by atoms with Crippen molar-refractivity contribution in [3.8, 4) is 0 Å². The van der Waals surface area contributed by atoms with Gasteiger partial charge in [0, 0.05) is 17.8 Å². The molecule has 0 N–H and O–H groups in total. The predicted octanol–water partition coefficient (Wildman–Crippen LogP) is 4.04. The Morgan fingerprint density at radius 3 is 2.68 bits per heavy atom. The largest absolute Gasteiger partial charge is 0.373 e. The molecule has 4 atom stereocenters. The van der Waals surface area contributed by atoms with Crippen molar-refractivity contribution in [2.45, 2.75) is 66.7 Å². The molecule has 22 heavy (non-hydrogen) atoms. The summed E-state index contributed by atoms with van der Waals surface area (Å²) in [5.41, 5.74) is -0.171. The topological polar surface area (TPSA) is 43.4 Å². The van der Waals surface area contributed by atoms with Crippen molar-refractivity contribution in [2.75, 3.05) is 13.2 Å². The fourth-order valence-corrected chi connectivity index (χ4v) is 4.57. The molecule has 2 rings (SSSR count). The zero-order valence-electron chi connectivity index (χ0n) is 14.9. The van der Waals surface area contributed by atoms with Crippen LogP contribution < -0.4 is 0 Å². The molecule has 0 amide bonds. The van der Waals surface area contributed by atoms with Crippen LogP contribution in [-0.2, 0) is 14.3 Å². The van der Waals surface area contributed by atoms with Gasteiger partial charge in [0.2, 0.25) is 0 Å². The number of carbonyl (C=O) groups is 2. The van der Waals surface area contributed by atoms with E-state index >= 15 is 0 Å². The lowest BCUT2D eigenvalue weighted by Crippen LogP contribution is -2.40. The minimum absolute atomic E-state index is 0.156. The summed E-state index contributed by atoms with van der Waals surface area (Å²) in [5.74, 6) is 1.86. The molecular weight excluding hydrogens is 276 g/mol. The summed E-state index contributed by atoms with van der Waals surface area (Å²) in [6.45, 7) is 11.2. The Kier molecular flexibility index (Phi) is 5.16. The fraction of sp³-hybridized carbons (Fsp3) is 0.895. The number of fused-ring (bicyclic) bond motifs is 1. The Bertz CT molecular complexity index is 434. The molecular formula is C19H32O3. The summed E-state index contributed by atoms with van der Waals surface area (Å²) in [7, 11) is 0. The highest BCUT2D eigenvalue weighted by molar-refractivity contribution is 5.84. The van der Waals surface area contributed by atoms with Crippen LogP contribution in [0, 0.1) is 28.6 Å². The van der Waals surface area contributed by atoms with E-state index in [1.807, 2.05) is 20.8 Å². The van der Waals surface area contributed by atoms with Crippen molar-refractivity contribution in [3.05, 3.63) is 0 Å². The molecule has 0 aromatic carbocycles. The number of ether oxygens (including phenoxy) is 1. The highest BCUT2D eigenvalue weighted by Crippen LogP contribution is 2.56. The van der Waals surface area contributed by atoms with E-state index in [4.69, 9.17) is 4.74 Å². The standard InChI is InChI=1S/C19H32O3/c1-13(11-22-12-17(21)18(2,3)4)14-8-9-15-16(20)7-6-10-19(14,15)5/h13-15H,6-12H2,1-5H3/t13-,14-,15+,19-/m1/s1. The van der Waals surface area contributed by atoms with Gasteiger partial charge in [0.25, 0.3) is 0 Å². The molecule has 0 heterocycles. The molecule has 2 fully saturated rings. The summed E-state index contributed by atoms with van der Waals surface area (Å²) in [6, 6.07) is 0. The molecule has 3 nitrogen and oxygen atoms in total. The van der Waals surface area contributed by atoms with Gasteiger partial charge in [0.15, 0.2) is 5.78 Å². The Morgan fingerprint density at radius 2 is 2.05 bits per heavy atom. The number of hydrogen-bond donors (Lipinski definition) is 0. The normalized spacial score (nSPS) is 33.6. The van der Waals surface area contributed by atoms with Gasteiger partial charge >= 0.3 is 0 Å². The van der Waals surface area contributed by atoms with Crippen LogP contribution in [0.2, 0.25) is 0 Å². The van der Waals surface area contributed by atoms with Gasteiger partial charge in [-0.25, -0.2) is 0 Å². The van der Waals surface area contributed by atoms with E-state index in [0.717, 1.165) is 25.7 Å². The van der Waals surface area contributed by atoms with Crippen LogP contribution in [0.3, 0.4) is 0 Å². The average molecular weight is 308 g/mol. The van der Waals surface area contributed by atoms with Crippen LogP contribution in [0.25, 0.3) is 0 Å². The Labute approximate surface area is 135 Å². The molecule has 2 saturated carbocycles. The molecule has 2 aliphatic carbocycles. The van der Waals surface area contributed by atoms with Gasteiger partial charge in [0.05, 0.1) is 6.61 Å². The maximum absolute atomic E-state index is 12.2. The van der Waals surface area contributed by atoms with Crippen LogP contribution in [0.15, 0.2) is 0 Å². The molecule has 0 aliphatic heterocycles. The molecule has 0 aromatic heterocycles. The van der Waals surface area contributed by atoms with Gasteiger partial charge in [-0.1, -0.05) is 34.6 Å². The lowest BCUT2D eigenvalue weighted by molar-refractivity contribution is -0.132. The van der Waals surface area contributed by atoms with E-state index in [-0.39, 0.29) is 29.1 Å². The number of Topliss-reactive ketones (excluding diaryl/α,β-unsaturated/α-hetero) is 2. The predicted molar refractivity (Wildman–Crippen MR) is 87.6 cm³/mol. The molecule has 2 aliphatic rings. The van der Waals surface area contributed by atoms with Crippen molar-refractivity contribution in [1.29, 1.82) is 0 Å². The molecule has 0 aromatic rings. The number of carbonyl (C=O) groups excluding carboxylic acids is 2. The minimum atomic E-state index is -0.330. The summed E-state index contributed by atoms with van der Waals surface area (Å²) < 4.78 is 5.71. The molecule has 0 unspecified atom stereocenters. The van der Waals surface area contributed by atoms with Crippen molar-refractivity contribution in [1.82, 2.24) is 0 Å². The number of rotatable bonds is 5. The third-order valence-corrected chi connectivity index (χ3v) is 6.07. The first-order valence-electron chi connectivity index (χ1n) is 8.80. The summed E-state index contributed by atoms with van der Waals surface area (Å²) in [4.78, 5) is 24.1. The monoisotopic (exact) mass is 308 g/mol. The SMILES string of the molecule is C[C@H](COCC(=O)C(C)(C)C)[C@H]1CC[C@H]2C(=O)CCC[C@]12C. The van der Waals surface area contributed by atoms with Gasteiger partial charge in [0.1, 0.15) is 12.4 Å². The lowest BCUT2D eigenvalue weighted by Gasteiger charge is -2.42. The van der Waals surface area contributed by atoms with Crippen LogP contribution in [0.5, 0.6) is 0 Å². The highest BCUT2D eigenvalue weighted by atomic mass is 16.5. The van der Waals surface area contributed by atoms with Crippen molar-refractivity contribution in [3.63, 3.8) is 0 Å². The third kappa shape index (κ3) is 3.45. The van der Waals surface area contributed by atoms with Gasteiger partial charge < -0.3 is 4.74 Å². The van der Waals surface area contributed by atoms with Gasteiger partial charge in [-0.2, -0.15) is 0 Å². The van der Waals surface area contributed by atoms with Gasteiger partial charge in [-0.05, 0) is 42.9 Å². The maximum Gasteiger partial charge on any atom is 0.163 e. The zero-order chi connectivity index (χ0) is 16.5. The van der Waals surface area contributed by atoms with Crippen molar-refractivity contribution in [2.24, 2.45) is 28.6 Å². The second-order valence-electron chi connectivity index (χ2n) is 8.73. The van der Waals surface area contributed by atoms with Crippen LogP contribution in [-0.4, -0.2) is 24.8 Å². The Hall–Kier alpha value is -0.700. The summed E-state index contributed by atoms with van der Waals surface area (Å²) >= 11 is 0. The number of ketones is 2. The van der Waals surface area contributed by atoms with Gasteiger partial charge in [-0.15, -0.1) is 0 Å². The smallest absolute Gasteiger partial charge is 0.163 e. The Morgan fingerprint density at radius 1 is 1.36 bits per heavy atom. The van der Waals surface area contributed by atoms with E-state index < -0.39 is 0 Å². The zero-order valence-corrected chi connectivity index (χ0v) is 14.9. The maximum atomic E-state index is 12.2. The fourth-order valence-electron chi connectivity index (χ4n) is 4.57. The molecule has 126 valence electrons. The number of hydrogen-bond acceptors (Lipinski definition) is 3. The summed E-state index contributed by atoms with van der Waals surface area (Å²) in [5, 5.41) is 0. The molecule has 0 bridgehead atoms. The first-order valence-corrected chi connectivity index (χ1v) is 8.80. The first-order chi connectivity index (χ1) is 10.2. The molecule has 3 heteroatoms. The van der Waals surface area contributed by atoms with E-state index in [1.165, 1.54) is 6.42 Å². The first kappa shape index (κ1) is 17.7. The second kappa shape index (κ2) is 6.43. The van der Waals surface area contributed by atoms with E-state index in [0.29, 0.717) is 24.2 Å². The van der Waals surface area contributed by atoms with E-state index in [9.17, 15) is 9.59 Å². The van der Waals surface area contributed by atoms with Crippen molar-refractivity contribution >= 4 is 11.6 Å². The van der Waals surface area contributed by atoms with E-state index in [2.05, 4.69) is 13.8 Å². The molecule has 0 radical (unpaired) electrons. The van der Waals surface area contributed by atoms with Crippen LogP contribution in [0.4, 0.5) is 0 Å². The van der Waals surface area contributed by atoms with Gasteiger partial charge in [-0.3, -0.25) is 9.59 Å². The molecule has 0 saturated heterocycles. The minimum Gasteiger partial charge on any atom is -0.373 e. The lowest BCUT2D eigenvalue weighted by atomic mass is 9.62. The average Bonchev–Trinajstić information content (AvgIpc) is 2.76. The van der Waals surface area contributed by atoms with Crippen LogP contribution >= 0.6 is 0 Å². The van der Waals surface area contributed by atoms with Crippen molar-refractivity contribution < 1.29 is 14.3 Å². The van der Waals surface area contributed by atoms with Crippen LogP contribution in [0.1, 0.15) is 66.7 Å².